The quantitative estimate of drug-likeness (QED) is 0.546. The SMILES string of the molecule is COc1ccc([C@H](CNc2ncc([N+](=O)[O-])c(N)n2)N2CCOCC2)cc1. The summed E-state index contributed by atoms with van der Waals surface area (Å²) in [6, 6.07) is 7.93. The second-order valence-electron chi connectivity index (χ2n) is 6.04. The molecule has 1 aliphatic rings. The second kappa shape index (κ2) is 8.60. The van der Waals surface area contributed by atoms with Gasteiger partial charge >= 0.3 is 5.69 Å². The summed E-state index contributed by atoms with van der Waals surface area (Å²) < 4.78 is 10.7. The van der Waals surface area contributed by atoms with Crippen LogP contribution in [0.2, 0.25) is 0 Å². The number of benzene rings is 1. The second-order valence-corrected chi connectivity index (χ2v) is 6.04. The van der Waals surface area contributed by atoms with Gasteiger partial charge in [-0.1, -0.05) is 12.1 Å². The highest BCUT2D eigenvalue weighted by atomic mass is 16.6. The summed E-state index contributed by atoms with van der Waals surface area (Å²) in [5.41, 5.74) is 6.45. The number of nitrogen functional groups attached to an aromatic ring is 1. The van der Waals surface area contributed by atoms with Crippen molar-refractivity contribution in [2.45, 2.75) is 6.04 Å². The first-order valence-corrected chi connectivity index (χ1v) is 8.55. The molecule has 27 heavy (non-hydrogen) atoms. The third-order valence-corrected chi connectivity index (χ3v) is 4.44. The molecule has 1 aromatic carbocycles. The highest BCUT2D eigenvalue weighted by molar-refractivity contribution is 5.53. The van der Waals surface area contributed by atoms with Crippen molar-refractivity contribution in [3.63, 3.8) is 0 Å². The summed E-state index contributed by atoms with van der Waals surface area (Å²) in [5.74, 6) is 0.883. The Bertz CT molecular complexity index is 779. The molecule has 2 heterocycles. The van der Waals surface area contributed by atoms with Crippen molar-refractivity contribution >= 4 is 17.5 Å². The van der Waals surface area contributed by atoms with E-state index in [0.717, 1.165) is 30.6 Å². The molecule has 0 saturated carbocycles. The van der Waals surface area contributed by atoms with Crippen molar-refractivity contribution < 1.29 is 14.4 Å². The number of rotatable bonds is 7. The number of nitrogens with two attached hydrogens (primary N) is 1. The van der Waals surface area contributed by atoms with Crippen LogP contribution in [0.3, 0.4) is 0 Å². The van der Waals surface area contributed by atoms with Crippen molar-refractivity contribution in [2.24, 2.45) is 0 Å². The van der Waals surface area contributed by atoms with Crippen LogP contribution in [0.5, 0.6) is 5.75 Å². The zero-order valence-corrected chi connectivity index (χ0v) is 15.0. The Morgan fingerprint density at radius 2 is 2.07 bits per heavy atom. The van der Waals surface area contributed by atoms with Crippen LogP contribution in [0.4, 0.5) is 17.5 Å². The number of hydrogen-bond donors (Lipinski definition) is 2. The van der Waals surface area contributed by atoms with E-state index in [2.05, 4.69) is 20.2 Å². The molecule has 10 heteroatoms. The topological polar surface area (TPSA) is 129 Å². The summed E-state index contributed by atoms with van der Waals surface area (Å²) >= 11 is 0. The lowest BCUT2D eigenvalue weighted by molar-refractivity contribution is -0.384. The Morgan fingerprint density at radius 3 is 2.67 bits per heavy atom. The van der Waals surface area contributed by atoms with Gasteiger partial charge in [-0.2, -0.15) is 4.98 Å². The van der Waals surface area contributed by atoms with Gasteiger partial charge in [0.25, 0.3) is 0 Å². The predicted octanol–water partition coefficient (Wildman–Crippen LogP) is 1.46. The van der Waals surface area contributed by atoms with Crippen LogP contribution in [0.1, 0.15) is 11.6 Å². The fourth-order valence-electron chi connectivity index (χ4n) is 2.98. The van der Waals surface area contributed by atoms with Gasteiger partial charge in [0, 0.05) is 19.6 Å². The third kappa shape index (κ3) is 4.60. The highest BCUT2D eigenvalue weighted by Gasteiger charge is 2.23. The van der Waals surface area contributed by atoms with E-state index in [1.165, 1.54) is 0 Å². The minimum absolute atomic E-state index is 0.0554. The average molecular weight is 374 g/mol. The Morgan fingerprint density at radius 1 is 1.37 bits per heavy atom. The molecule has 1 fully saturated rings. The molecule has 2 aromatic rings. The van der Waals surface area contributed by atoms with Gasteiger partial charge in [0.2, 0.25) is 11.8 Å². The van der Waals surface area contributed by atoms with Gasteiger partial charge in [-0.3, -0.25) is 15.0 Å². The Kier molecular flexibility index (Phi) is 5.99. The van der Waals surface area contributed by atoms with Crippen molar-refractivity contribution in [1.82, 2.24) is 14.9 Å². The molecule has 0 aliphatic carbocycles. The lowest BCUT2D eigenvalue weighted by Gasteiger charge is -2.35. The van der Waals surface area contributed by atoms with Crippen molar-refractivity contribution in [3.8, 4) is 5.75 Å². The van der Waals surface area contributed by atoms with Gasteiger partial charge in [-0.15, -0.1) is 0 Å². The van der Waals surface area contributed by atoms with Gasteiger partial charge < -0.3 is 20.5 Å². The molecular weight excluding hydrogens is 352 g/mol. The molecule has 3 rings (SSSR count). The van der Waals surface area contributed by atoms with Crippen molar-refractivity contribution in [3.05, 3.63) is 46.1 Å². The number of methoxy groups -OCH3 is 1. The van der Waals surface area contributed by atoms with Crippen LogP contribution in [0.25, 0.3) is 0 Å². The third-order valence-electron chi connectivity index (χ3n) is 4.44. The number of hydrogen-bond acceptors (Lipinski definition) is 9. The van der Waals surface area contributed by atoms with Crippen LogP contribution in [0.15, 0.2) is 30.5 Å². The molecule has 1 aromatic heterocycles. The lowest BCUT2D eigenvalue weighted by atomic mass is 10.0. The molecule has 10 nitrogen and oxygen atoms in total. The minimum Gasteiger partial charge on any atom is -0.497 e. The number of nitro groups is 1. The highest BCUT2D eigenvalue weighted by Crippen LogP contribution is 2.25. The number of nitrogens with one attached hydrogen (secondary N) is 1. The fourth-order valence-corrected chi connectivity index (χ4v) is 2.98. The van der Waals surface area contributed by atoms with Gasteiger partial charge in [-0.25, -0.2) is 4.98 Å². The average Bonchev–Trinajstić information content (AvgIpc) is 2.69. The van der Waals surface area contributed by atoms with Crippen molar-refractivity contribution in [1.29, 1.82) is 0 Å². The molecule has 1 saturated heterocycles. The lowest BCUT2D eigenvalue weighted by Crippen LogP contribution is -2.41. The molecule has 1 aliphatic heterocycles. The first-order valence-electron chi connectivity index (χ1n) is 8.55. The van der Waals surface area contributed by atoms with Crippen LogP contribution in [-0.2, 0) is 4.74 Å². The van der Waals surface area contributed by atoms with Crippen LogP contribution >= 0.6 is 0 Å². The first-order chi connectivity index (χ1) is 13.1. The van der Waals surface area contributed by atoms with E-state index >= 15 is 0 Å². The van der Waals surface area contributed by atoms with Gasteiger partial charge in [0.15, 0.2) is 0 Å². The molecule has 0 amide bonds. The normalized spacial score (nSPS) is 15.9. The molecule has 0 spiro atoms. The van der Waals surface area contributed by atoms with E-state index in [4.69, 9.17) is 15.2 Å². The van der Waals surface area contributed by atoms with Gasteiger partial charge in [0.1, 0.15) is 11.9 Å². The summed E-state index contributed by atoms with van der Waals surface area (Å²) in [6.45, 7) is 3.48. The maximum atomic E-state index is 10.8. The maximum Gasteiger partial charge on any atom is 0.329 e. The molecule has 0 bridgehead atoms. The fraction of sp³-hybridized carbons (Fsp3) is 0.412. The Balaban J connectivity index is 1.76. The zero-order valence-electron chi connectivity index (χ0n) is 15.0. The Hall–Kier alpha value is -2.98. The minimum atomic E-state index is -0.604. The number of nitrogens with zero attached hydrogens (tertiary/aromatic N) is 4. The number of anilines is 2. The van der Waals surface area contributed by atoms with E-state index < -0.39 is 4.92 Å². The van der Waals surface area contributed by atoms with Gasteiger partial charge in [0.05, 0.1) is 31.3 Å². The Labute approximate surface area is 156 Å². The van der Waals surface area contributed by atoms with Crippen LogP contribution < -0.4 is 15.8 Å². The first kappa shape index (κ1) is 18.8. The number of aromatic nitrogens is 2. The summed E-state index contributed by atoms with van der Waals surface area (Å²) in [7, 11) is 1.63. The van der Waals surface area contributed by atoms with Gasteiger partial charge in [-0.05, 0) is 17.7 Å². The smallest absolute Gasteiger partial charge is 0.329 e. The zero-order chi connectivity index (χ0) is 19.2. The van der Waals surface area contributed by atoms with Crippen LogP contribution in [0, 0.1) is 10.1 Å². The van der Waals surface area contributed by atoms with Crippen LogP contribution in [-0.4, -0.2) is 59.7 Å². The predicted molar refractivity (Wildman–Crippen MR) is 99.7 cm³/mol. The number of morpholine rings is 1. The summed E-state index contributed by atoms with van der Waals surface area (Å²) in [6.07, 6.45) is 1.11. The number of ether oxygens (including phenoxy) is 2. The molecule has 1 atom stereocenters. The molecular formula is C17H22N6O4. The van der Waals surface area contributed by atoms with E-state index in [1.54, 1.807) is 7.11 Å². The van der Waals surface area contributed by atoms with E-state index in [0.29, 0.717) is 19.8 Å². The standard InChI is InChI=1S/C17H22N6O4/c1-26-13-4-2-12(3-5-13)14(22-6-8-27-9-7-22)10-19-17-20-11-15(23(24)25)16(18)21-17/h2-5,11,14H,6-10H2,1H3,(H3,18,19,20,21)/t14-/m0/s1. The molecule has 0 radical (unpaired) electrons. The largest absolute Gasteiger partial charge is 0.497 e. The molecule has 0 unspecified atom stereocenters. The molecule has 144 valence electrons. The molecule has 3 N–H and O–H groups in total. The monoisotopic (exact) mass is 374 g/mol. The van der Waals surface area contributed by atoms with Crippen molar-refractivity contribution in [2.75, 3.05) is 51.0 Å². The van der Waals surface area contributed by atoms with E-state index in [1.807, 2.05) is 24.3 Å². The summed E-state index contributed by atoms with van der Waals surface area (Å²) in [4.78, 5) is 20.5. The maximum absolute atomic E-state index is 10.8. The van der Waals surface area contributed by atoms with E-state index in [9.17, 15) is 10.1 Å². The van der Waals surface area contributed by atoms with E-state index in [-0.39, 0.29) is 23.5 Å². The summed E-state index contributed by atoms with van der Waals surface area (Å²) in [5, 5.41) is 14.0.